The molecule has 39 heavy (non-hydrogen) atoms. The number of benzene rings is 3. The number of aliphatic hydroxyl groups excluding tert-OH is 1. The Morgan fingerprint density at radius 1 is 0.923 bits per heavy atom. The van der Waals surface area contributed by atoms with Gasteiger partial charge in [0.2, 0.25) is 5.91 Å². The third kappa shape index (κ3) is 5.21. The van der Waals surface area contributed by atoms with Gasteiger partial charge in [-0.05, 0) is 16.7 Å². The molecule has 0 radical (unpaired) electrons. The summed E-state index contributed by atoms with van der Waals surface area (Å²) in [4.78, 5) is 40.2. The van der Waals surface area contributed by atoms with E-state index in [4.69, 9.17) is 4.74 Å². The van der Waals surface area contributed by atoms with Crippen molar-refractivity contribution in [2.24, 2.45) is 0 Å². The van der Waals surface area contributed by atoms with Crippen molar-refractivity contribution in [2.75, 3.05) is 12.4 Å². The Kier molecular flexibility index (Phi) is 7.32. The standard InChI is InChI=1S/C29H26N2O7S/c32-17-22-18-39(36,37)28-24(30-23(33)16-19-10-4-1-5-11-19)27(34)31(28)25(22)29(35)38-26(20-12-6-2-7-13-20)21-14-8-3-9-15-21/h1-15,24,26,28,32H,16-18H2,(H,30,33)/t24-,28-/m0/s1. The van der Waals surface area contributed by atoms with Gasteiger partial charge < -0.3 is 15.2 Å². The highest BCUT2D eigenvalue weighted by Gasteiger charge is 2.60. The summed E-state index contributed by atoms with van der Waals surface area (Å²) in [5, 5.41) is 11.0. The maximum atomic E-state index is 13.6. The largest absolute Gasteiger partial charge is 0.448 e. The lowest BCUT2D eigenvalue weighted by Crippen LogP contribution is -2.75. The number of carbonyl (C=O) groups excluding carboxylic acids is 3. The molecule has 0 unspecified atom stereocenters. The van der Waals surface area contributed by atoms with Crippen LogP contribution in [0.4, 0.5) is 0 Å². The van der Waals surface area contributed by atoms with Gasteiger partial charge in [-0.25, -0.2) is 13.2 Å². The fraction of sp³-hybridized carbons (Fsp3) is 0.207. The Morgan fingerprint density at radius 3 is 2.00 bits per heavy atom. The summed E-state index contributed by atoms with van der Waals surface area (Å²) in [7, 11) is -4.02. The molecular weight excluding hydrogens is 520 g/mol. The van der Waals surface area contributed by atoms with Crippen LogP contribution in [-0.2, 0) is 35.4 Å². The average molecular weight is 547 g/mol. The van der Waals surface area contributed by atoms with Gasteiger partial charge in [0.15, 0.2) is 21.3 Å². The first kappa shape index (κ1) is 26.3. The molecule has 2 aliphatic rings. The van der Waals surface area contributed by atoms with E-state index in [1.165, 1.54) is 0 Å². The molecule has 3 aromatic carbocycles. The van der Waals surface area contributed by atoms with Crippen LogP contribution in [0.3, 0.4) is 0 Å². The number of sulfone groups is 1. The predicted molar refractivity (Wildman–Crippen MR) is 141 cm³/mol. The smallest absolute Gasteiger partial charge is 0.356 e. The minimum absolute atomic E-state index is 0.0418. The van der Waals surface area contributed by atoms with E-state index < -0.39 is 57.5 Å². The van der Waals surface area contributed by atoms with Crippen LogP contribution in [0.1, 0.15) is 22.8 Å². The topological polar surface area (TPSA) is 130 Å². The number of fused-ring (bicyclic) bond motifs is 1. The van der Waals surface area contributed by atoms with Crippen LogP contribution in [0, 0.1) is 0 Å². The molecule has 0 aliphatic carbocycles. The highest BCUT2D eigenvalue weighted by Crippen LogP contribution is 2.38. The van der Waals surface area contributed by atoms with Gasteiger partial charge in [-0.3, -0.25) is 14.5 Å². The molecule has 9 nitrogen and oxygen atoms in total. The molecule has 0 saturated carbocycles. The Morgan fingerprint density at radius 2 is 1.46 bits per heavy atom. The van der Waals surface area contributed by atoms with Gasteiger partial charge >= 0.3 is 5.97 Å². The van der Waals surface area contributed by atoms with Crippen LogP contribution in [0.25, 0.3) is 0 Å². The quantitative estimate of drug-likeness (QED) is 0.326. The molecule has 2 N–H and O–H groups in total. The molecule has 2 amide bonds. The van der Waals surface area contributed by atoms with Gasteiger partial charge in [0.1, 0.15) is 11.7 Å². The van der Waals surface area contributed by atoms with E-state index in [0.717, 1.165) is 4.90 Å². The molecule has 2 heterocycles. The lowest BCUT2D eigenvalue weighted by atomic mass is 10.0. The monoisotopic (exact) mass is 546 g/mol. The number of hydrogen-bond acceptors (Lipinski definition) is 7. The summed E-state index contributed by atoms with van der Waals surface area (Å²) in [5.74, 6) is -2.88. The van der Waals surface area contributed by atoms with E-state index in [9.17, 15) is 27.9 Å². The molecule has 2 aliphatic heterocycles. The normalized spacial score (nSPS) is 19.7. The number of amides is 2. The van der Waals surface area contributed by atoms with E-state index in [1.807, 2.05) is 12.1 Å². The first-order chi connectivity index (χ1) is 18.8. The fourth-order valence-electron chi connectivity index (χ4n) is 4.89. The molecule has 3 aromatic rings. The molecule has 0 aromatic heterocycles. The summed E-state index contributed by atoms with van der Waals surface area (Å²) < 4.78 is 32.1. The van der Waals surface area contributed by atoms with E-state index in [2.05, 4.69) is 5.32 Å². The minimum atomic E-state index is -4.02. The highest BCUT2D eigenvalue weighted by molar-refractivity contribution is 7.92. The lowest BCUT2D eigenvalue weighted by Gasteiger charge is -2.49. The summed E-state index contributed by atoms with van der Waals surface area (Å²) in [6, 6.07) is 25.4. The van der Waals surface area contributed by atoms with E-state index in [-0.39, 0.29) is 17.7 Å². The van der Waals surface area contributed by atoms with E-state index in [0.29, 0.717) is 16.7 Å². The van der Waals surface area contributed by atoms with Crippen molar-refractivity contribution in [3.63, 3.8) is 0 Å². The van der Waals surface area contributed by atoms with Crippen molar-refractivity contribution in [3.8, 4) is 0 Å². The minimum Gasteiger partial charge on any atom is -0.448 e. The van der Waals surface area contributed by atoms with Gasteiger partial charge in [-0.1, -0.05) is 91.0 Å². The SMILES string of the molecule is O=C(Cc1ccccc1)N[C@H]1C(=O)N2C(C(=O)OC(c3ccccc3)c3ccccc3)=C(CO)CS(=O)(=O)[C@@H]12. The third-order valence-corrected chi connectivity index (χ3v) is 8.67. The van der Waals surface area contributed by atoms with Crippen molar-refractivity contribution in [2.45, 2.75) is 23.9 Å². The van der Waals surface area contributed by atoms with Crippen LogP contribution in [-0.4, -0.2) is 60.0 Å². The number of esters is 1. The Hall–Kier alpha value is -4.28. The number of nitrogens with one attached hydrogen (secondary N) is 1. The number of nitrogens with zero attached hydrogens (tertiary/aromatic N) is 1. The van der Waals surface area contributed by atoms with Crippen molar-refractivity contribution < 1.29 is 32.6 Å². The Labute approximate surface area is 225 Å². The zero-order valence-corrected chi connectivity index (χ0v) is 21.6. The zero-order valence-electron chi connectivity index (χ0n) is 20.8. The number of ether oxygens (including phenoxy) is 1. The second-order valence-corrected chi connectivity index (χ2v) is 11.4. The number of rotatable bonds is 8. The van der Waals surface area contributed by atoms with E-state index >= 15 is 0 Å². The second-order valence-electron chi connectivity index (χ2n) is 9.33. The van der Waals surface area contributed by atoms with Gasteiger partial charge in [0.05, 0.1) is 18.8 Å². The molecular formula is C29H26N2O7S. The number of carbonyl (C=O) groups is 3. The number of β-lactam (4-membered cyclic amide) rings is 1. The summed E-state index contributed by atoms with van der Waals surface area (Å²) >= 11 is 0. The Bertz CT molecular complexity index is 1480. The van der Waals surface area contributed by atoms with E-state index in [1.54, 1.807) is 78.9 Å². The first-order valence-corrected chi connectivity index (χ1v) is 14.0. The first-order valence-electron chi connectivity index (χ1n) is 12.3. The second kappa shape index (κ2) is 10.8. The maximum absolute atomic E-state index is 13.6. The predicted octanol–water partition coefficient (Wildman–Crippen LogP) is 1.89. The highest BCUT2D eigenvalue weighted by atomic mass is 32.2. The molecule has 2 atom stereocenters. The molecule has 0 bridgehead atoms. The van der Waals surface area contributed by atoms with Crippen LogP contribution in [0.15, 0.2) is 102 Å². The van der Waals surface area contributed by atoms with Gasteiger partial charge in [-0.15, -0.1) is 0 Å². The van der Waals surface area contributed by atoms with Crippen LogP contribution < -0.4 is 5.32 Å². The van der Waals surface area contributed by atoms with Gasteiger partial charge in [-0.2, -0.15) is 0 Å². The number of hydrogen-bond donors (Lipinski definition) is 2. The molecule has 0 spiro atoms. The zero-order chi connectivity index (χ0) is 27.6. The molecule has 1 fully saturated rings. The average Bonchev–Trinajstić information content (AvgIpc) is 2.95. The third-order valence-electron chi connectivity index (χ3n) is 6.70. The van der Waals surface area contributed by atoms with Crippen molar-refractivity contribution in [1.82, 2.24) is 10.2 Å². The maximum Gasteiger partial charge on any atom is 0.356 e. The van der Waals surface area contributed by atoms with Gasteiger partial charge in [0, 0.05) is 5.57 Å². The van der Waals surface area contributed by atoms with Crippen LogP contribution in [0.2, 0.25) is 0 Å². The lowest BCUT2D eigenvalue weighted by molar-refractivity contribution is -0.155. The molecule has 1 saturated heterocycles. The fourth-order valence-corrected chi connectivity index (χ4v) is 6.90. The molecule has 200 valence electrons. The summed E-state index contributed by atoms with van der Waals surface area (Å²) in [5.41, 5.74) is 1.59. The Balaban J connectivity index is 1.42. The van der Waals surface area contributed by atoms with Crippen molar-refractivity contribution >= 4 is 27.6 Å². The summed E-state index contributed by atoms with van der Waals surface area (Å²) in [6.45, 7) is -0.757. The van der Waals surface area contributed by atoms with Crippen LogP contribution >= 0.6 is 0 Å². The van der Waals surface area contributed by atoms with Crippen molar-refractivity contribution in [3.05, 3.63) is 119 Å². The molecule has 5 rings (SSSR count). The number of aliphatic hydroxyl groups is 1. The summed E-state index contributed by atoms with van der Waals surface area (Å²) in [6.07, 6.45) is -0.887. The van der Waals surface area contributed by atoms with Crippen LogP contribution in [0.5, 0.6) is 0 Å². The molecule has 10 heteroatoms. The van der Waals surface area contributed by atoms with Crippen molar-refractivity contribution in [1.29, 1.82) is 0 Å². The van der Waals surface area contributed by atoms with Gasteiger partial charge in [0.25, 0.3) is 5.91 Å².